The van der Waals surface area contributed by atoms with E-state index >= 15 is 0 Å². The maximum atomic E-state index is 5.93. The first-order valence-electron chi connectivity index (χ1n) is 6.48. The summed E-state index contributed by atoms with van der Waals surface area (Å²) in [7, 11) is 0. The molecule has 1 fully saturated rings. The van der Waals surface area contributed by atoms with Crippen LogP contribution in [0, 0.1) is 0 Å². The zero-order valence-corrected chi connectivity index (χ0v) is 12.9. The Labute approximate surface area is 127 Å². The summed E-state index contributed by atoms with van der Waals surface area (Å²) >= 11 is 9.42. The van der Waals surface area contributed by atoms with Crippen LogP contribution in [-0.4, -0.2) is 13.1 Å². The summed E-state index contributed by atoms with van der Waals surface area (Å²) in [4.78, 5) is 2.43. The van der Waals surface area contributed by atoms with Gasteiger partial charge in [-0.3, -0.25) is 0 Å². The molecule has 19 heavy (non-hydrogen) atoms. The molecule has 1 saturated heterocycles. The molecule has 0 bridgehead atoms. The van der Waals surface area contributed by atoms with E-state index < -0.39 is 0 Å². The average molecular weight is 337 g/mol. The SMILES string of the molecule is Clc1ccc(N2CCC(c3ccc(Br)cc3)C2)cc1. The van der Waals surface area contributed by atoms with E-state index in [1.807, 2.05) is 12.1 Å². The lowest BCUT2D eigenvalue weighted by molar-refractivity contribution is 0.775. The third kappa shape index (κ3) is 2.96. The number of anilines is 1. The van der Waals surface area contributed by atoms with Gasteiger partial charge in [-0.25, -0.2) is 0 Å². The van der Waals surface area contributed by atoms with Crippen molar-refractivity contribution in [2.45, 2.75) is 12.3 Å². The average Bonchev–Trinajstić information content (AvgIpc) is 2.90. The quantitative estimate of drug-likeness (QED) is 0.738. The largest absolute Gasteiger partial charge is 0.371 e. The third-order valence-electron chi connectivity index (χ3n) is 3.72. The van der Waals surface area contributed by atoms with Crippen LogP contribution in [0.1, 0.15) is 17.9 Å². The first-order chi connectivity index (χ1) is 9.22. The zero-order chi connectivity index (χ0) is 13.2. The van der Waals surface area contributed by atoms with E-state index in [1.54, 1.807) is 0 Å². The summed E-state index contributed by atoms with van der Waals surface area (Å²) in [6, 6.07) is 16.8. The molecule has 2 aromatic rings. The van der Waals surface area contributed by atoms with Gasteiger partial charge in [-0.15, -0.1) is 0 Å². The van der Waals surface area contributed by atoms with Gasteiger partial charge in [-0.05, 0) is 48.4 Å². The standard InChI is InChI=1S/C16H15BrClN/c17-14-3-1-12(2-4-14)13-9-10-19(11-13)16-7-5-15(18)6-8-16/h1-8,13H,9-11H2. The Hall–Kier alpha value is -0.990. The molecule has 0 amide bonds. The van der Waals surface area contributed by atoms with Gasteiger partial charge in [0.25, 0.3) is 0 Å². The molecule has 0 saturated carbocycles. The molecule has 1 atom stereocenters. The fourth-order valence-electron chi connectivity index (χ4n) is 2.65. The molecule has 2 aromatic carbocycles. The minimum atomic E-state index is 0.628. The van der Waals surface area contributed by atoms with E-state index in [9.17, 15) is 0 Å². The van der Waals surface area contributed by atoms with Crippen molar-refractivity contribution in [1.82, 2.24) is 0 Å². The molecule has 3 rings (SSSR count). The number of rotatable bonds is 2. The third-order valence-corrected chi connectivity index (χ3v) is 4.50. The maximum absolute atomic E-state index is 5.93. The van der Waals surface area contributed by atoms with Crippen LogP contribution in [0.25, 0.3) is 0 Å². The highest BCUT2D eigenvalue weighted by atomic mass is 79.9. The van der Waals surface area contributed by atoms with Crippen LogP contribution in [0.5, 0.6) is 0 Å². The molecular weight excluding hydrogens is 322 g/mol. The van der Waals surface area contributed by atoms with E-state index in [0.29, 0.717) is 5.92 Å². The van der Waals surface area contributed by atoms with Crippen molar-refractivity contribution in [3.05, 3.63) is 63.6 Å². The number of hydrogen-bond acceptors (Lipinski definition) is 1. The molecule has 1 heterocycles. The molecule has 1 nitrogen and oxygen atoms in total. The van der Waals surface area contributed by atoms with Crippen molar-refractivity contribution in [2.75, 3.05) is 18.0 Å². The second-order valence-corrected chi connectivity index (χ2v) is 6.31. The summed E-state index contributed by atoms with van der Waals surface area (Å²) in [6.07, 6.45) is 1.21. The Kier molecular flexibility index (Phi) is 3.81. The molecule has 0 aromatic heterocycles. The van der Waals surface area contributed by atoms with Crippen molar-refractivity contribution in [3.63, 3.8) is 0 Å². The smallest absolute Gasteiger partial charge is 0.0407 e. The lowest BCUT2D eigenvalue weighted by Gasteiger charge is -2.19. The monoisotopic (exact) mass is 335 g/mol. The normalized spacial score (nSPS) is 18.8. The van der Waals surface area contributed by atoms with Crippen LogP contribution in [0.15, 0.2) is 53.0 Å². The number of nitrogens with zero attached hydrogens (tertiary/aromatic N) is 1. The van der Waals surface area contributed by atoms with Gasteiger partial charge >= 0.3 is 0 Å². The maximum Gasteiger partial charge on any atom is 0.0407 e. The van der Waals surface area contributed by atoms with Gasteiger partial charge in [0, 0.05) is 34.2 Å². The van der Waals surface area contributed by atoms with Crippen LogP contribution in [0.4, 0.5) is 5.69 Å². The predicted molar refractivity (Wildman–Crippen MR) is 85.2 cm³/mol. The van der Waals surface area contributed by atoms with Crippen LogP contribution < -0.4 is 4.90 Å². The summed E-state index contributed by atoms with van der Waals surface area (Å²) in [6.45, 7) is 2.20. The number of halogens is 2. The highest BCUT2D eigenvalue weighted by Gasteiger charge is 2.23. The van der Waals surface area contributed by atoms with Crippen molar-refractivity contribution in [3.8, 4) is 0 Å². The highest BCUT2D eigenvalue weighted by Crippen LogP contribution is 2.31. The van der Waals surface area contributed by atoms with Crippen molar-refractivity contribution in [2.24, 2.45) is 0 Å². The lowest BCUT2D eigenvalue weighted by atomic mass is 9.99. The van der Waals surface area contributed by atoms with Gasteiger partial charge in [0.1, 0.15) is 0 Å². The molecule has 0 spiro atoms. The Morgan fingerprint density at radius 3 is 2.37 bits per heavy atom. The Morgan fingerprint density at radius 2 is 1.68 bits per heavy atom. The Morgan fingerprint density at radius 1 is 1.00 bits per heavy atom. The van der Waals surface area contributed by atoms with Crippen LogP contribution in [-0.2, 0) is 0 Å². The summed E-state index contributed by atoms with van der Waals surface area (Å²) in [5.41, 5.74) is 2.70. The molecule has 0 radical (unpaired) electrons. The van der Waals surface area contributed by atoms with Crippen molar-refractivity contribution in [1.29, 1.82) is 0 Å². The fraction of sp³-hybridized carbons (Fsp3) is 0.250. The second kappa shape index (κ2) is 5.56. The molecule has 98 valence electrons. The zero-order valence-electron chi connectivity index (χ0n) is 10.5. The minimum Gasteiger partial charge on any atom is -0.371 e. The van der Waals surface area contributed by atoms with Crippen LogP contribution >= 0.6 is 27.5 Å². The lowest BCUT2D eigenvalue weighted by Crippen LogP contribution is -2.18. The van der Waals surface area contributed by atoms with E-state index in [2.05, 4.69) is 57.2 Å². The molecule has 1 aliphatic rings. The summed E-state index contributed by atoms with van der Waals surface area (Å²) < 4.78 is 1.14. The predicted octanol–water partition coefficient (Wildman–Crippen LogP) is 5.10. The van der Waals surface area contributed by atoms with Crippen molar-refractivity contribution >= 4 is 33.2 Å². The summed E-state index contributed by atoms with van der Waals surface area (Å²) in [5.74, 6) is 0.628. The van der Waals surface area contributed by atoms with Gasteiger partial charge in [-0.2, -0.15) is 0 Å². The second-order valence-electron chi connectivity index (χ2n) is 4.96. The molecule has 1 aliphatic heterocycles. The summed E-state index contributed by atoms with van der Waals surface area (Å²) in [5, 5.41) is 0.799. The molecule has 0 aliphatic carbocycles. The van der Waals surface area contributed by atoms with Gasteiger partial charge in [0.15, 0.2) is 0 Å². The minimum absolute atomic E-state index is 0.628. The highest BCUT2D eigenvalue weighted by molar-refractivity contribution is 9.10. The first-order valence-corrected chi connectivity index (χ1v) is 7.65. The topological polar surface area (TPSA) is 3.24 Å². The van der Waals surface area contributed by atoms with Gasteiger partial charge in [-0.1, -0.05) is 39.7 Å². The molecule has 0 N–H and O–H groups in total. The number of benzene rings is 2. The molecule has 3 heteroatoms. The first kappa shape index (κ1) is 13.0. The Balaban J connectivity index is 1.73. The molecule has 1 unspecified atom stereocenters. The van der Waals surface area contributed by atoms with Gasteiger partial charge in [0.2, 0.25) is 0 Å². The Bertz CT molecular complexity index is 498. The van der Waals surface area contributed by atoms with E-state index in [-0.39, 0.29) is 0 Å². The van der Waals surface area contributed by atoms with E-state index in [4.69, 9.17) is 11.6 Å². The molecular formula is C16H15BrClN. The van der Waals surface area contributed by atoms with E-state index in [1.165, 1.54) is 17.7 Å². The van der Waals surface area contributed by atoms with Gasteiger partial charge < -0.3 is 4.90 Å². The fourth-order valence-corrected chi connectivity index (χ4v) is 3.04. The van der Waals surface area contributed by atoms with Gasteiger partial charge in [0.05, 0.1) is 0 Å². The number of hydrogen-bond donors (Lipinski definition) is 0. The van der Waals surface area contributed by atoms with Crippen LogP contribution in [0.2, 0.25) is 5.02 Å². The van der Waals surface area contributed by atoms with E-state index in [0.717, 1.165) is 22.6 Å². The van der Waals surface area contributed by atoms with Crippen LogP contribution in [0.3, 0.4) is 0 Å². The van der Waals surface area contributed by atoms with Crippen molar-refractivity contribution < 1.29 is 0 Å².